The van der Waals surface area contributed by atoms with Crippen molar-refractivity contribution in [3.8, 4) is 0 Å². The summed E-state index contributed by atoms with van der Waals surface area (Å²) in [5, 5.41) is 8.58. The van der Waals surface area contributed by atoms with E-state index in [1.807, 2.05) is 31.2 Å². The van der Waals surface area contributed by atoms with Crippen molar-refractivity contribution in [2.24, 2.45) is 12.2 Å². The Morgan fingerprint density at radius 1 is 1.22 bits per heavy atom. The van der Waals surface area contributed by atoms with Crippen molar-refractivity contribution >= 4 is 50.3 Å². The smallest absolute Gasteiger partial charge is 0.243 e. The molecular formula is C21H25N5O4S2. The van der Waals surface area contributed by atoms with Gasteiger partial charge in [-0.05, 0) is 36.2 Å². The molecule has 0 unspecified atom stereocenters. The molecule has 1 heterocycles. The van der Waals surface area contributed by atoms with Gasteiger partial charge in [0, 0.05) is 19.8 Å². The highest BCUT2D eigenvalue weighted by molar-refractivity contribution is 7.99. The molecule has 2 aromatic carbocycles. The predicted octanol–water partition coefficient (Wildman–Crippen LogP) is 1.97. The molecule has 0 radical (unpaired) electrons. The zero-order chi connectivity index (χ0) is 23.5. The average molecular weight is 476 g/mol. The lowest BCUT2D eigenvalue weighted by molar-refractivity contribution is -0.131. The van der Waals surface area contributed by atoms with E-state index in [4.69, 9.17) is 5.14 Å². The third-order valence-electron chi connectivity index (χ3n) is 4.94. The number of sulfonamides is 1. The van der Waals surface area contributed by atoms with E-state index in [1.165, 1.54) is 28.8 Å². The van der Waals surface area contributed by atoms with Gasteiger partial charge in [-0.2, -0.15) is 0 Å². The fourth-order valence-corrected chi connectivity index (χ4v) is 4.61. The van der Waals surface area contributed by atoms with Crippen molar-refractivity contribution in [3.05, 3.63) is 48.0 Å². The minimum atomic E-state index is -3.83. The Morgan fingerprint density at radius 2 is 1.94 bits per heavy atom. The van der Waals surface area contributed by atoms with Crippen LogP contribution in [0.3, 0.4) is 0 Å². The van der Waals surface area contributed by atoms with Crippen LogP contribution in [0, 0.1) is 0 Å². The van der Waals surface area contributed by atoms with Crippen molar-refractivity contribution < 1.29 is 18.0 Å². The lowest BCUT2D eigenvalue weighted by atomic mass is 10.1. The van der Waals surface area contributed by atoms with Crippen molar-refractivity contribution in [1.29, 1.82) is 0 Å². The molecule has 3 N–H and O–H groups in total. The summed E-state index contributed by atoms with van der Waals surface area (Å²) in [5.41, 5.74) is 2.96. The molecule has 11 heteroatoms. The van der Waals surface area contributed by atoms with Crippen molar-refractivity contribution in [2.75, 3.05) is 24.7 Å². The Balaban J connectivity index is 1.61. The number of imidazole rings is 1. The first-order valence-electron chi connectivity index (χ1n) is 9.84. The predicted molar refractivity (Wildman–Crippen MR) is 125 cm³/mol. The van der Waals surface area contributed by atoms with E-state index in [0.717, 1.165) is 23.2 Å². The maximum absolute atomic E-state index is 12.5. The van der Waals surface area contributed by atoms with Gasteiger partial charge >= 0.3 is 0 Å². The molecule has 2 amide bonds. The number of para-hydroxylation sites is 1. The Labute approximate surface area is 191 Å². The molecule has 3 aromatic rings. The molecular weight excluding hydrogens is 450 g/mol. The van der Waals surface area contributed by atoms with Gasteiger partial charge in [0.25, 0.3) is 0 Å². The molecule has 32 heavy (non-hydrogen) atoms. The Hall–Kier alpha value is -2.89. The molecule has 0 saturated carbocycles. The van der Waals surface area contributed by atoms with Crippen molar-refractivity contribution in [2.45, 2.75) is 23.4 Å². The second-order valence-electron chi connectivity index (χ2n) is 7.25. The first kappa shape index (κ1) is 23.8. The van der Waals surface area contributed by atoms with Gasteiger partial charge in [0.05, 0.1) is 28.2 Å². The third kappa shape index (κ3) is 5.47. The van der Waals surface area contributed by atoms with Crippen molar-refractivity contribution in [3.63, 3.8) is 0 Å². The van der Waals surface area contributed by atoms with E-state index >= 15 is 0 Å². The number of primary sulfonamides is 1. The molecule has 3 rings (SSSR count). The number of carbonyl (C=O) groups is 2. The molecule has 0 spiro atoms. The SMILES string of the molecule is CCc1ccccc1NC(=O)CN(C)C(=O)CSc1nc2cc(S(N)(=O)=O)ccc2n1C. The van der Waals surface area contributed by atoms with Crippen LogP contribution in [0.15, 0.2) is 52.5 Å². The van der Waals surface area contributed by atoms with Crippen LogP contribution in [0.5, 0.6) is 0 Å². The number of fused-ring (bicyclic) bond motifs is 1. The average Bonchev–Trinajstić information content (AvgIpc) is 3.06. The molecule has 0 aliphatic rings. The number of anilines is 1. The number of carbonyl (C=O) groups excluding carboxylic acids is 2. The Kier molecular flexibility index (Phi) is 7.22. The van der Waals surface area contributed by atoms with Crippen LogP contribution in [0.1, 0.15) is 12.5 Å². The lowest BCUT2D eigenvalue weighted by Crippen LogP contribution is -2.36. The summed E-state index contributed by atoms with van der Waals surface area (Å²) < 4.78 is 24.9. The Morgan fingerprint density at radius 3 is 2.62 bits per heavy atom. The van der Waals surface area contributed by atoms with E-state index in [0.29, 0.717) is 10.7 Å². The number of rotatable bonds is 8. The summed E-state index contributed by atoms with van der Waals surface area (Å²) >= 11 is 1.21. The summed E-state index contributed by atoms with van der Waals surface area (Å²) in [4.78, 5) is 30.6. The Bertz CT molecular complexity index is 1270. The van der Waals surface area contributed by atoms with Gasteiger partial charge in [-0.25, -0.2) is 18.5 Å². The van der Waals surface area contributed by atoms with Crippen LogP contribution in [0.4, 0.5) is 5.69 Å². The minimum absolute atomic E-state index is 0.0221. The molecule has 0 atom stereocenters. The zero-order valence-electron chi connectivity index (χ0n) is 18.0. The van der Waals surface area contributed by atoms with Crippen LogP contribution in [-0.2, 0) is 33.1 Å². The van der Waals surface area contributed by atoms with E-state index in [1.54, 1.807) is 24.7 Å². The van der Waals surface area contributed by atoms with Gasteiger partial charge in [0.2, 0.25) is 21.8 Å². The van der Waals surface area contributed by atoms with Crippen LogP contribution < -0.4 is 10.5 Å². The molecule has 1 aromatic heterocycles. The summed E-state index contributed by atoms with van der Waals surface area (Å²) in [7, 11) is -0.479. The third-order valence-corrected chi connectivity index (χ3v) is 6.87. The van der Waals surface area contributed by atoms with Gasteiger partial charge < -0.3 is 14.8 Å². The topological polar surface area (TPSA) is 127 Å². The molecule has 0 saturated heterocycles. The van der Waals surface area contributed by atoms with Gasteiger partial charge in [0.15, 0.2) is 5.16 Å². The van der Waals surface area contributed by atoms with E-state index in [2.05, 4.69) is 10.3 Å². The molecule has 0 fully saturated rings. The summed E-state index contributed by atoms with van der Waals surface area (Å²) in [6.07, 6.45) is 0.790. The largest absolute Gasteiger partial charge is 0.336 e. The first-order valence-corrected chi connectivity index (χ1v) is 12.4. The highest BCUT2D eigenvalue weighted by atomic mass is 32.2. The number of nitrogens with zero attached hydrogens (tertiary/aromatic N) is 3. The number of hydrogen-bond donors (Lipinski definition) is 2. The maximum atomic E-state index is 12.5. The quantitative estimate of drug-likeness (QED) is 0.480. The number of nitrogens with one attached hydrogen (secondary N) is 1. The van der Waals surface area contributed by atoms with Gasteiger partial charge in [-0.3, -0.25) is 9.59 Å². The number of nitrogens with two attached hydrogens (primary N) is 1. The maximum Gasteiger partial charge on any atom is 0.243 e. The minimum Gasteiger partial charge on any atom is -0.336 e. The van der Waals surface area contributed by atoms with E-state index < -0.39 is 10.0 Å². The molecule has 0 aliphatic heterocycles. The molecule has 0 aliphatic carbocycles. The second-order valence-corrected chi connectivity index (χ2v) is 9.75. The van der Waals surface area contributed by atoms with Crippen LogP contribution in [0.25, 0.3) is 11.0 Å². The summed E-state index contributed by atoms with van der Waals surface area (Å²) in [5.74, 6) is -0.426. The number of hydrogen-bond acceptors (Lipinski definition) is 6. The highest BCUT2D eigenvalue weighted by Gasteiger charge is 2.17. The number of aryl methyl sites for hydroxylation is 2. The molecule has 9 nitrogen and oxygen atoms in total. The number of thioether (sulfide) groups is 1. The molecule has 170 valence electrons. The van der Waals surface area contributed by atoms with Crippen LogP contribution in [0.2, 0.25) is 0 Å². The van der Waals surface area contributed by atoms with Crippen molar-refractivity contribution in [1.82, 2.24) is 14.5 Å². The molecule has 0 bridgehead atoms. The normalized spacial score (nSPS) is 11.5. The first-order chi connectivity index (χ1) is 15.1. The van der Waals surface area contributed by atoms with E-state index in [-0.39, 0.29) is 29.0 Å². The number of benzene rings is 2. The van der Waals surface area contributed by atoms with E-state index in [9.17, 15) is 18.0 Å². The second kappa shape index (κ2) is 9.72. The monoisotopic (exact) mass is 475 g/mol. The van der Waals surface area contributed by atoms with Crippen LogP contribution in [-0.4, -0.2) is 54.0 Å². The van der Waals surface area contributed by atoms with Crippen LogP contribution >= 0.6 is 11.8 Å². The van der Waals surface area contributed by atoms with Gasteiger partial charge in [0.1, 0.15) is 0 Å². The number of amides is 2. The van der Waals surface area contributed by atoms with Gasteiger partial charge in [-0.1, -0.05) is 36.9 Å². The summed E-state index contributed by atoms with van der Waals surface area (Å²) in [6.45, 7) is 1.94. The highest BCUT2D eigenvalue weighted by Crippen LogP contribution is 2.25. The number of aromatic nitrogens is 2. The lowest BCUT2D eigenvalue weighted by Gasteiger charge is -2.17. The standard InChI is InChI=1S/C21H25N5O4S2/c1-4-14-7-5-6-8-16(14)23-19(27)12-25(2)20(28)13-31-21-24-17-11-15(32(22,29)30)9-10-18(17)26(21)3/h5-11H,4,12-13H2,1-3H3,(H,23,27)(H2,22,29,30). The number of likely N-dealkylation sites (N-methyl/N-ethyl adjacent to an activating group) is 1. The zero-order valence-corrected chi connectivity index (χ0v) is 19.7. The van der Waals surface area contributed by atoms with Gasteiger partial charge in [-0.15, -0.1) is 0 Å². The summed E-state index contributed by atoms with van der Waals surface area (Å²) in [6, 6.07) is 12.0. The fraction of sp³-hybridized carbons (Fsp3) is 0.286. The fourth-order valence-electron chi connectivity index (χ4n) is 3.14.